The van der Waals surface area contributed by atoms with E-state index in [0.717, 1.165) is 0 Å². The van der Waals surface area contributed by atoms with Gasteiger partial charge in [0.15, 0.2) is 0 Å². The largest absolute Gasteiger partial charge is 0.496 e. The van der Waals surface area contributed by atoms with Gasteiger partial charge in [0.1, 0.15) is 5.75 Å². The van der Waals surface area contributed by atoms with Crippen molar-refractivity contribution in [2.45, 2.75) is 11.8 Å². The molecule has 0 aliphatic carbocycles. The number of hydrogen-bond acceptors (Lipinski definition) is 4. The zero-order valence-electron chi connectivity index (χ0n) is 12.0. The van der Waals surface area contributed by atoms with E-state index in [1.807, 2.05) is 4.72 Å². The van der Waals surface area contributed by atoms with Crippen LogP contribution in [0.3, 0.4) is 0 Å². The highest BCUT2D eigenvalue weighted by atomic mass is 35.5. The van der Waals surface area contributed by atoms with Gasteiger partial charge in [0.2, 0.25) is 0 Å². The highest BCUT2D eigenvalue weighted by molar-refractivity contribution is 7.90. The van der Waals surface area contributed by atoms with Gasteiger partial charge in [-0.1, -0.05) is 29.8 Å². The molecular formula is C15H14ClNO4S. The first-order chi connectivity index (χ1) is 10.3. The molecule has 2 aromatic rings. The van der Waals surface area contributed by atoms with E-state index in [1.165, 1.54) is 31.4 Å². The lowest BCUT2D eigenvalue weighted by Crippen LogP contribution is -2.31. The van der Waals surface area contributed by atoms with Gasteiger partial charge in [-0.25, -0.2) is 13.1 Å². The fourth-order valence-electron chi connectivity index (χ4n) is 1.94. The molecular weight excluding hydrogens is 326 g/mol. The first-order valence-electron chi connectivity index (χ1n) is 6.31. The molecule has 2 aromatic carbocycles. The summed E-state index contributed by atoms with van der Waals surface area (Å²) in [6, 6.07) is 10.7. The van der Waals surface area contributed by atoms with Crippen molar-refractivity contribution in [3.05, 3.63) is 58.6 Å². The molecule has 1 amide bonds. The molecule has 0 unspecified atom stereocenters. The highest BCUT2D eigenvalue weighted by Crippen LogP contribution is 2.23. The number of rotatable bonds is 4. The molecule has 22 heavy (non-hydrogen) atoms. The van der Waals surface area contributed by atoms with Crippen molar-refractivity contribution in [1.82, 2.24) is 4.72 Å². The van der Waals surface area contributed by atoms with Crippen molar-refractivity contribution in [2.24, 2.45) is 0 Å². The van der Waals surface area contributed by atoms with Crippen LogP contribution in [0.15, 0.2) is 47.4 Å². The first-order valence-corrected chi connectivity index (χ1v) is 8.17. The zero-order chi connectivity index (χ0) is 16.3. The molecule has 0 aliphatic heterocycles. The summed E-state index contributed by atoms with van der Waals surface area (Å²) >= 11 is 5.82. The molecule has 0 heterocycles. The Kier molecular flexibility index (Phi) is 4.73. The van der Waals surface area contributed by atoms with Gasteiger partial charge >= 0.3 is 0 Å². The smallest absolute Gasteiger partial charge is 0.268 e. The molecule has 0 saturated heterocycles. The van der Waals surface area contributed by atoms with E-state index in [-0.39, 0.29) is 16.2 Å². The number of carbonyl (C=O) groups excluding carboxylic acids is 1. The fourth-order valence-corrected chi connectivity index (χ4v) is 3.32. The Balaban J connectivity index is 2.35. The van der Waals surface area contributed by atoms with Crippen LogP contribution < -0.4 is 9.46 Å². The van der Waals surface area contributed by atoms with Gasteiger partial charge in [0.25, 0.3) is 15.9 Å². The summed E-state index contributed by atoms with van der Waals surface area (Å²) in [6.07, 6.45) is 0. The standard InChI is InChI=1S/C15H14ClNO4S/c1-10-5-3-4-6-14(10)22(19,20)17-15(18)12-8-7-11(16)9-13(12)21-2/h3-9H,1-2H3,(H,17,18). The van der Waals surface area contributed by atoms with Gasteiger partial charge in [-0.3, -0.25) is 4.79 Å². The van der Waals surface area contributed by atoms with E-state index in [4.69, 9.17) is 16.3 Å². The van der Waals surface area contributed by atoms with Crippen molar-refractivity contribution < 1.29 is 17.9 Å². The Morgan fingerprint density at radius 2 is 1.86 bits per heavy atom. The Hall–Kier alpha value is -2.05. The van der Waals surface area contributed by atoms with Crippen molar-refractivity contribution in [2.75, 3.05) is 7.11 Å². The van der Waals surface area contributed by atoms with Crippen LogP contribution in [-0.4, -0.2) is 21.4 Å². The monoisotopic (exact) mass is 339 g/mol. The topological polar surface area (TPSA) is 72.5 Å². The van der Waals surface area contributed by atoms with Crippen LogP contribution >= 0.6 is 11.6 Å². The summed E-state index contributed by atoms with van der Waals surface area (Å²) < 4.78 is 31.7. The third-order valence-corrected chi connectivity index (χ3v) is 4.74. The third-order valence-electron chi connectivity index (χ3n) is 3.02. The minimum absolute atomic E-state index is 0.0521. The van der Waals surface area contributed by atoms with Crippen molar-refractivity contribution in [3.63, 3.8) is 0 Å². The van der Waals surface area contributed by atoms with Crippen LogP contribution in [0.25, 0.3) is 0 Å². The molecule has 0 aromatic heterocycles. The number of sulfonamides is 1. The van der Waals surface area contributed by atoms with E-state index in [9.17, 15) is 13.2 Å². The molecule has 0 saturated carbocycles. The second-order valence-corrected chi connectivity index (χ2v) is 6.63. The molecule has 1 N–H and O–H groups in total. The van der Waals surface area contributed by atoms with E-state index in [2.05, 4.69) is 0 Å². The van der Waals surface area contributed by atoms with Crippen LogP contribution in [0.4, 0.5) is 0 Å². The Bertz CT molecular complexity index is 818. The predicted molar refractivity (Wildman–Crippen MR) is 83.8 cm³/mol. The van der Waals surface area contributed by atoms with E-state index in [1.54, 1.807) is 25.1 Å². The number of hydrogen-bond donors (Lipinski definition) is 1. The molecule has 0 bridgehead atoms. The summed E-state index contributed by atoms with van der Waals surface area (Å²) in [5, 5.41) is 0.384. The number of aryl methyl sites for hydroxylation is 1. The quantitative estimate of drug-likeness (QED) is 0.929. The Labute approximate surface area is 133 Å². The molecule has 0 radical (unpaired) electrons. The van der Waals surface area contributed by atoms with Crippen molar-refractivity contribution >= 4 is 27.5 Å². The van der Waals surface area contributed by atoms with Crippen LogP contribution in [0.2, 0.25) is 5.02 Å². The van der Waals surface area contributed by atoms with E-state index in [0.29, 0.717) is 10.6 Å². The van der Waals surface area contributed by atoms with Gasteiger partial charge in [0.05, 0.1) is 17.6 Å². The molecule has 2 rings (SSSR count). The van der Waals surface area contributed by atoms with Gasteiger partial charge < -0.3 is 4.74 Å². The Morgan fingerprint density at radius 3 is 2.50 bits per heavy atom. The SMILES string of the molecule is COc1cc(Cl)ccc1C(=O)NS(=O)(=O)c1ccccc1C. The average molecular weight is 340 g/mol. The maximum atomic E-state index is 12.3. The van der Waals surface area contributed by atoms with Gasteiger partial charge in [-0.15, -0.1) is 0 Å². The lowest BCUT2D eigenvalue weighted by atomic mass is 10.2. The minimum Gasteiger partial charge on any atom is -0.496 e. The number of halogens is 1. The third kappa shape index (κ3) is 3.40. The van der Waals surface area contributed by atoms with Crippen LogP contribution in [0, 0.1) is 6.92 Å². The van der Waals surface area contributed by atoms with Gasteiger partial charge in [-0.2, -0.15) is 0 Å². The zero-order valence-corrected chi connectivity index (χ0v) is 13.5. The lowest BCUT2D eigenvalue weighted by Gasteiger charge is -2.11. The van der Waals surface area contributed by atoms with E-state index < -0.39 is 15.9 Å². The molecule has 116 valence electrons. The summed E-state index contributed by atoms with van der Waals surface area (Å²) in [6.45, 7) is 1.65. The summed E-state index contributed by atoms with van der Waals surface area (Å²) in [5.74, 6) is -0.582. The summed E-state index contributed by atoms with van der Waals surface area (Å²) in [5.41, 5.74) is 0.634. The van der Waals surface area contributed by atoms with Crippen molar-refractivity contribution in [1.29, 1.82) is 0 Å². The predicted octanol–water partition coefficient (Wildman–Crippen LogP) is 2.78. The molecule has 7 heteroatoms. The number of nitrogens with one attached hydrogen (secondary N) is 1. The van der Waals surface area contributed by atoms with Gasteiger partial charge in [0, 0.05) is 5.02 Å². The normalized spacial score (nSPS) is 11.0. The number of benzene rings is 2. The lowest BCUT2D eigenvalue weighted by molar-refractivity contribution is 0.0978. The summed E-state index contributed by atoms with van der Waals surface area (Å²) in [7, 11) is -2.59. The van der Waals surface area contributed by atoms with Crippen LogP contribution in [0.5, 0.6) is 5.75 Å². The van der Waals surface area contributed by atoms with Crippen LogP contribution in [-0.2, 0) is 10.0 Å². The van der Waals surface area contributed by atoms with E-state index >= 15 is 0 Å². The molecule has 0 spiro atoms. The number of carbonyl (C=O) groups is 1. The number of methoxy groups -OCH3 is 1. The molecule has 0 atom stereocenters. The first kappa shape index (κ1) is 16.3. The van der Waals surface area contributed by atoms with Crippen molar-refractivity contribution in [3.8, 4) is 5.75 Å². The summed E-state index contributed by atoms with van der Waals surface area (Å²) in [4.78, 5) is 12.3. The molecule has 0 aliphatic rings. The maximum absolute atomic E-state index is 12.3. The number of ether oxygens (including phenoxy) is 1. The average Bonchev–Trinajstić information content (AvgIpc) is 2.46. The Morgan fingerprint density at radius 1 is 1.18 bits per heavy atom. The molecule has 0 fully saturated rings. The van der Waals surface area contributed by atoms with Gasteiger partial charge in [-0.05, 0) is 36.8 Å². The molecule has 5 nitrogen and oxygen atoms in total. The minimum atomic E-state index is -3.96. The fraction of sp³-hybridized carbons (Fsp3) is 0.133. The number of amides is 1. The van der Waals surface area contributed by atoms with Crippen LogP contribution in [0.1, 0.15) is 15.9 Å². The maximum Gasteiger partial charge on any atom is 0.268 e. The second kappa shape index (κ2) is 6.37. The second-order valence-electron chi connectivity index (χ2n) is 4.54. The highest BCUT2D eigenvalue weighted by Gasteiger charge is 2.22.